The monoisotopic (exact) mass is 307 g/mol. The fraction of sp³-hybridized carbons (Fsp3) is 0.647. The standard InChI is InChI=1S/C17H26ClN3/c18-16-8-4-3-7-15(16)17(13-19)21-11-9-20(10-12-21)14-5-1-2-6-14/h3-4,7-8,14,17H,1-2,5-6,9-13,19H2. The molecule has 0 amide bonds. The van der Waals surface area contributed by atoms with Crippen LogP contribution in [0.4, 0.5) is 0 Å². The summed E-state index contributed by atoms with van der Waals surface area (Å²) in [6, 6.07) is 9.21. The number of hydrogen-bond acceptors (Lipinski definition) is 3. The quantitative estimate of drug-likeness (QED) is 0.928. The lowest BCUT2D eigenvalue weighted by Gasteiger charge is -2.41. The number of hydrogen-bond donors (Lipinski definition) is 1. The molecule has 3 nitrogen and oxygen atoms in total. The van der Waals surface area contributed by atoms with E-state index in [0.29, 0.717) is 6.54 Å². The van der Waals surface area contributed by atoms with Gasteiger partial charge in [-0.15, -0.1) is 0 Å². The summed E-state index contributed by atoms with van der Waals surface area (Å²) in [5.41, 5.74) is 7.22. The van der Waals surface area contributed by atoms with Gasteiger partial charge in [0.05, 0.1) is 0 Å². The van der Waals surface area contributed by atoms with E-state index in [9.17, 15) is 0 Å². The second-order valence-corrected chi connectivity index (χ2v) is 6.69. The van der Waals surface area contributed by atoms with E-state index >= 15 is 0 Å². The molecular formula is C17H26ClN3. The first kappa shape index (κ1) is 15.3. The molecule has 1 aromatic rings. The molecule has 2 aliphatic rings. The van der Waals surface area contributed by atoms with Gasteiger partial charge in [-0.05, 0) is 24.5 Å². The summed E-state index contributed by atoms with van der Waals surface area (Å²) in [6.07, 6.45) is 5.61. The highest BCUT2D eigenvalue weighted by Gasteiger charge is 2.29. The highest BCUT2D eigenvalue weighted by molar-refractivity contribution is 6.31. The minimum atomic E-state index is 0.254. The van der Waals surface area contributed by atoms with Crippen LogP contribution in [0.15, 0.2) is 24.3 Å². The smallest absolute Gasteiger partial charge is 0.0486 e. The van der Waals surface area contributed by atoms with Crippen molar-refractivity contribution >= 4 is 11.6 Å². The second-order valence-electron chi connectivity index (χ2n) is 6.28. The largest absolute Gasteiger partial charge is 0.329 e. The Morgan fingerprint density at radius 3 is 2.38 bits per heavy atom. The molecule has 2 N–H and O–H groups in total. The van der Waals surface area contributed by atoms with Crippen LogP contribution in [-0.4, -0.2) is 48.6 Å². The Balaban J connectivity index is 1.63. The van der Waals surface area contributed by atoms with Crippen LogP contribution in [0, 0.1) is 0 Å². The molecule has 1 aromatic carbocycles. The van der Waals surface area contributed by atoms with Crippen molar-refractivity contribution in [2.24, 2.45) is 5.73 Å². The molecule has 21 heavy (non-hydrogen) atoms. The molecule has 1 heterocycles. The van der Waals surface area contributed by atoms with Gasteiger partial charge in [0.15, 0.2) is 0 Å². The molecule has 1 saturated carbocycles. The summed E-state index contributed by atoms with van der Waals surface area (Å²) in [5.74, 6) is 0. The van der Waals surface area contributed by atoms with Crippen LogP contribution in [0.1, 0.15) is 37.3 Å². The van der Waals surface area contributed by atoms with E-state index in [1.165, 1.54) is 44.3 Å². The molecule has 3 rings (SSSR count). The molecule has 1 aliphatic carbocycles. The van der Waals surface area contributed by atoms with Crippen LogP contribution in [0.3, 0.4) is 0 Å². The summed E-state index contributed by atoms with van der Waals surface area (Å²) in [4.78, 5) is 5.19. The number of halogens is 1. The first-order valence-corrected chi connectivity index (χ1v) is 8.60. The lowest BCUT2D eigenvalue weighted by atomic mass is 10.0. The number of benzene rings is 1. The SMILES string of the molecule is NCC(c1ccccc1Cl)N1CCN(C2CCCC2)CC1. The van der Waals surface area contributed by atoms with Crippen LogP contribution < -0.4 is 5.73 Å². The molecule has 1 atom stereocenters. The zero-order valence-electron chi connectivity index (χ0n) is 12.7. The summed E-state index contributed by atoms with van der Waals surface area (Å²) in [5, 5.41) is 0.839. The Bertz CT molecular complexity index is 451. The van der Waals surface area contributed by atoms with Crippen molar-refractivity contribution in [3.8, 4) is 0 Å². The van der Waals surface area contributed by atoms with Crippen molar-refractivity contribution in [3.05, 3.63) is 34.9 Å². The predicted molar refractivity (Wildman–Crippen MR) is 88.6 cm³/mol. The summed E-state index contributed by atoms with van der Waals surface area (Å²) in [7, 11) is 0. The number of nitrogens with zero attached hydrogens (tertiary/aromatic N) is 2. The van der Waals surface area contributed by atoms with E-state index in [4.69, 9.17) is 17.3 Å². The van der Waals surface area contributed by atoms with Crippen molar-refractivity contribution in [2.45, 2.75) is 37.8 Å². The van der Waals surface area contributed by atoms with Gasteiger partial charge in [0.1, 0.15) is 0 Å². The maximum atomic E-state index is 6.36. The van der Waals surface area contributed by atoms with Crippen molar-refractivity contribution in [1.82, 2.24) is 9.80 Å². The molecule has 2 fully saturated rings. The molecule has 1 saturated heterocycles. The van der Waals surface area contributed by atoms with Crippen molar-refractivity contribution in [2.75, 3.05) is 32.7 Å². The lowest BCUT2D eigenvalue weighted by molar-refractivity contribution is 0.0722. The van der Waals surface area contributed by atoms with Crippen molar-refractivity contribution in [1.29, 1.82) is 0 Å². The van der Waals surface area contributed by atoms with Gasteiger partial charge in [-0.3, -0.25) is 9.80 Å². The lowest BCUT2D eigenvalue weighted by Crippen LogP contribution is -2.51. The van der Waals surface area contributed by atoms with E-state index in [1.807, 2.05) is 12.1 Å². The summed E-state index contributed by atoms with van der Waals surface area (Å²) in [6.45, 7) is 5.18. The highest BCUT2D eigenvalue weighted by Crippen LogP contribution is 2.29. The minimum Gasteiger partial charge on any atom is -0.329 e. The maximum Gasteiger partial charge on any atom is 0.0486 e. The zero-order chi connectivity index (χ0) is 14.7. The molecule has 0 spiro atoms. The van der Waals surface area contributed by atoms with E-state index < -0.39 is 0 Å². The van der Waals surface area contributed by atoms with E-state index in [1.54, 1.807) is 0 Å². The van der Waals surface area contributed by atoms with Gasteiger partial charge in [0, 0.05) is 49.8 Å². The summed E-state index contributed by atoms with van der Waals surface area (Å²) >= 11 is 6.36. The fourth-order valence-corrected chi connectivity index (χ4v) is 4.16. The van der Waals surface area contributed by atoms with Crippen LogP contribution in [-0.2, 0) is 0 Å². The highest BCUT2D eigenvalue weighted by atomic mass is 35.5. The van der Waals surface area contributed by atoms with Gasteiger partial charge in [0.2, 0.25) is 0 Å². The van der Waals surface area contributed by atoms with Crippen molar-refractivity contribution < 1.29 is 0 Å². The summed E-state index contributed by atoms with van der Waals surface area (Å²) < 4.78 is 0. The Kier molecular flexibility index (Phi) is 5.17. The normalized spacial score (nSPS) is 23.5. The van der Waals surface area contributed by atoms with Gasteiger partial charge < -0.3 is 5.73 Å². The molecule has 1 aliphatic heterocycles. The Morgan fingerprint density at radius 1 is 1.10 bits per heavy atom. The van der Waals surface area contributed by atoms with Gasteiger partial charge in [-0.2, -0.15) is 0 Å². The van der Waals surface area contributed by atoms with Crippen LogP contribution in [0.5, 0.6) is 0 Å². The van der Waals surface area contributed by atoms with Crippen LogP contribution in [0.2, 0.25) is 5.02 Å². The molecule has 0 radical (unpaired) electrons. The Labute approximate surface area is 133 Å². The molecule has 4 heteroatoms. The Morgan fingerprint density at radius 2 is 1.76 bits per heavy atom. The van der Waals surface area contributed by atoms with Gasteiger partial charge in [-0.1, -0.05) is 42.6 Å². The first-order chi connectivity index (χ1) is 10.3. The van der Waals surface area contributed by atoms with E-state index in [0.717, 1.165) is 24.2 Å². The molecule has 1 unspecified atom stereocenters. The van der Waals surface area contributed by atoms with Gasteiger partial charge in [-0.25, -0.2) is 0 Å². The zero-order valence-corrected chi connectivity index (χ0v) is 13.4. The minimum absolute atomic E-state index is 0.254. The fourth-order valence-electron chi connectivity index (χ4n) is 3.90. The number of rotatable bonds is 4. The Hall–Kier alpha value is -0.610. The molecule has 116 valence electrons. The average molecular weight is 308 g/mol. The van der Waals surface area contributed by atoms with E-state index in [2.05, 4.69) is 21.9 Å². The third-order valence-corrected chi connectivity index (χ3v) is 5.46. The molecule has 0 aromatic heterocycles. The van der Waals surface area contributed by atoms with Crippen molar-refractivity contribution in [3.63, 3.8) is 0 Å². The first-order valence-electron chi connectivity index (χ1n) is 8.22. The third kappa shape index (κ3) is 3.42. The number of nitrogens with two attached hydrogens (primary N) is 1. The maximum absolute atomic E-state index is 6.36. The number of piperazine rings is 1. The van der Waals surface area contributed by atoms with Gasteiger partial charge in [0.25, 0.3) is 0 Å². The predicted octanol–water partition coefficient (Wildman–Crippen LogP) is 2.90. The molecular weight excluding hydrogens is 282 g/mol. The van der Waals surface area contributed by atoms with E-state index in [-0.39, 0.29) is 6.04 Å². The molecule has 0 bridgehead atoms. The second kappa shape index (κ2) is 7.10. The average Bonchev–Trinajstić information content (AvgIpc) is 3.05. The van der Waals surface area contributed by atoms with Crippen LogP contribution in [0.25, 0.3) is 0 Å². The third-order valence-electron chi connectivity index (χ3n) is 5.12. The van der Waals surface area contributed by atoms with Crippen LogP contribution >= 0.6 is 11.6 Å². The van der Waals surface area contributed by atoms with Gasteiger partial charge >= 0.3 is 0 Å². The topological polar surface area (TPSA) is 32.5 Å².